The minimum Gasteiger partial charge on any atom is -0.317 e. The standard InChI is InChI=1S/C10H11ClN4O2S/c1-15-7-12-13-10(15)8-3-2-4-9(5-8)14-18(16,17)6-11/h2-5,7,14H,6H2,1H3. The van der Waals surface area contributed by atoms with Crippen LogP contribution in [0.15, 0.2) is 30.6 Å². The number of aryl methyl sites for hydroxylation is 1. The van der Waals surface area contributed by atoms with Crippen molar-refractivity contribution >= 4 is 27.3 Å². The Morgan fingerprint density at radius 1 is 1.44 bits per heavy atom. The van der Waals surface area contributed by atoms with Crippen molar-refractivity contribution in [3.05, 3.63) is 30.6 Å². The van der Waals surface area contributed by atoms with Gasteiger partial charge in [0.15, 0.2) is 5.82 Å². The summed E-state index contributed by atoms with van der Waals surface area (Å²) in [7, 11) is -1.69. The lowest BCUT2D eigenvalue weighted by Crippen LogP contribution is -2.13. The second kappa shape index (κ2) is 4.95. The Bertz CT molecular complexity index is 653. The van der Waals surface area contributed by atoms with Gasteiger partial charge in [0.2, 0.25) is 10.0 Å². The van der Waals surface area contributed by atoms with Gasteiger partial charge < -0.3 is 4.57 Å². The molecular formula is C10H11ClN4O2S. The van der Waals surface area contributed by atoms with Gasteiger partial charge in [-0.15, -0.1) is 21.8 Å². The number of anilines is 1. The molecule has 0 amide bonds. The molecule has 0 spiro atoms. The third kappa shape index (κ3) is 2.80. The quantitative estimate of drug-likeness (QED) is 0.863. The van der Waals surface area contributed by atoms with Gasteiger partial charge in [-0.1, -0.05) is 12.1 Å². The number of alkyl halides is 1. The highest BCUT2D eigenvalue weighted by atomic mass is 35.5. The third-order valence-corrected chi connectivity index (χ3v) is 3.94. The first-order chi connectivity index (χ1) is 8.52. The zero-order valence-corrected chi connectivity index (χ0v) is 11.1. The molecule has 8 heteroatoms. The Morgan fingerprint density at radius 2 is 2.22 bits per heavy atom. The fourth-order valence-corrected chi connectivity index (χ4v) is 2.18. The number of nitrogens with one attached hydrogen (secondary N) is 1. The van der Waals surface area contributed by atoms with Gasteiger partial charge in [-0.2, -0.15) is 0 Å². The van der Waals surface area contributed by atoms with Crippen molar-refractivity contribution in [2.24, 2.45) is 7.05 Å². The summed E-state index contributed by atoms with van der Waals surface area (Å²) in [5.41, 5.74) is 1.21. The molecule has 0 fully saturated rings. The molecule has 0 radical (unpaired) electrons. The predicted molar refractivity (Wildman–Crippen MR) is 69.7 cm³/mol. The molecule has 1 aromatic heterocycles. The first kappa shape index (κ1) is 12.8. The largest absolute Gasteiger partial charge is 0.317 e. The highest BCUT2D eigenvalue weighted by Crippen LogP contribution is 2.20. The van der Waals surface area contributed by atoms with E-state index in [0.29, 0.717) is 11.5 Å². The van der Waals surface area contributed by atoms with Crippen molar-refractivity contribution in [1.82, 2.24) is 14.8 Å². The summed E-state index contributed by atoms with van der Waals surface area (Å²) in [5, 5.41) is 7.24. The Kier molecular flexibility index (Phi) is 3.53. The van der Waals surface area contributed by atoms with E-state index in [9.17, 15) is 8.42 Å². The van der Waals surface area contributed by atoms with Crippen LogP contribution in [-0.2, 0) is 17.1 Å². The second-order valence-corrected chi connectivity index (χ2v) is 5.98. The van der Waals surface area contributed by atoms with Crippen LogP contribution in [0.2, 0.25) is 0 Å². The molecule has 1 heterocycles. The molecule has 0 saturated carbocycles. The summed E-state index contributed by atoms with van der Waals surface area (Å²) < 4.78 is 26.8. The number of hydrogen-bond donors (Lipinski definition) is 1. The van der Waals surface area contributed by atoms with Crippen molar-refractivity contribution in [3.63, 3.8) is 0 Å². The average Bonchev–Trinajstić information content (AvgIpc) is 2.75. The van der Waals surface area contributed by atoms with Crippen molar-refractivity contribution in [1.29, 1.82) is 0 Å². The highest BCUT2D eigenvalue weighted by molar-refractivity contribution is 7.93. The van der Waals surface area contributed by atoms with Crippen molar-refractivity contribution < 1.29 is 8.42 Å². The van der Waals surface area contributed by atoms with E-state index >= 15 is 0 Å². The Hall–Kier alpha value is -1.60. The molecule has 2 aromatic rings. The maximum absolute atomic E-state index is 11.4. The lowest BCUT2D eigenvalue weighted by atomic mass is 10.2. The first-order valence-electron chi connectivity index (χ1n) is 5.03. The fraction of sp³-hybridized carbons (Fsp3) is 0.200. The van der Waals surface area contributed by atoms with E-state index in [1.165, 1.54) is 0 Å². The van der Waals surface area contributed by atoms with Gasteiger partial charge in [0, 0.05) is 18.3 Å². The summed E-state index contributed by atoms with van der Waals surface area (Å²) in [5.74, 6) is 0.655. The topological polar surface area (TPSA) is 76.9 Å². The van der Waals surface area contributed by atoms with Crippen LogP contribution in [0.4, 0.5) is 5.69 Å². The summed E-state index contributed by atoms with van der Waals surface area (Å²) in [6.07, 6.45) is 1.57. The van der Waals surface area contributed by atoms with Crippen molar-refractivity contribution in [2.75, 3.05) is 9.93 Å². The molecule has 96 valence electrons. The molecule has 0 saturated heterocycles. The molecule has 0 aliphatic carbocycles. The van der Waals surface area contributed by atoms with Gasteiger partial charge >= 0.3 is 0 Å². The maximum atomic E-state index is 11.4. The normalized spacial score (nSPS) is 11.4. The lowest BCUT2D eigenvalue weighted by molar-refractivity contribution is 0.605. The van der Waals surface area contributed by atoms with Crippen LogP contribution in [-0.4, -0.2) is 28.4 Å². The predicted octanol–water partition coefficient (Wildman–Crippen LogP) is 1.42. The molecule has 6 nitrogen and oxygen atoms in total. The lowest BCUT2D eigenvalue weighted by Gasteiger charge is -2.07. The van der Waals surface area contributed by atoms with Gasteiger partial charge in [-0.3, -0.25) is 4.72 Å². The van der Waals surface area contributed by atoms with Crippen LogP contribution >= 0.6 is 11.6 Å². The minimum atomic E-state index is -3.50. The number of nitrogens with zero attached hydrogens (tertiary/aromatic N) is 3. The van der Waals surface area contributed by atoms with Crippen LogP contribution < -0.4 is 4.72 Å². The Balaban J connectivity index is 2.35. The molecular weight excluding hydrogens is 276 g/mol. The number of rotatable bonds is 4. The Morgan fingerprint density at radius 3 is 2.83 bits per heavy atom. The number of halogens is 1. The summed E-state index contributed by atoms with van der Waals surface area (Å²) in [4.78, 5) is 0. The zero-order valence-electron chi connectivity index (χ0n) is 9.54. The van der Waals surface area contributed by atoms with Gasteiger partial charge in [-0.25, -0.2) is 8.42 Å². The van der Waals surface area contributed by atoms with E-state index in [2.05, 4.69) is 14.9 Å². The van der Waals surface area contributed by atoms with Crippen LogP contribution in [0, 0.1) is 0 Å². The zero-order chi connectivity index (χ0) is 13.2. The van der Waals surface area contributed by atoms with Crippen LogP contribution in [0.5, 0.6) is 0 Å². The Labute approximate surface area is 110 Å². The summed E-state index contributed by atoms with van der Waals surface area (Å²) in [6.45, 7) is 0. The fourth-order valence-electron chi connectivity index (χ4n) is 1.47. The van der Waals surface area contributed by atoms with Crippen LogP contribution in [0.25, 0.3) is 11.4 Å². The SMILES string of the molecule is Cn1cnnc1-c1cccc(NS(=O)(=O)CCl)c1. The molecule has 18 heavy (non-hydrogen) atoms. The van der Waals surface area contributed by atoms with Gasteiger partial charge in [0.25, 0.3) is 0 Å². The molecule has 0 aliphatic heterocycles. The molecule has 1 N–H and O–H groups in total. The number of aromatic nitrogens is 3. The monoisotopic (exact) mass is 286 g/mol. The number of hydrogen-bond acceptors (Lipinski definition) is 4. The van der Waals surface area contributed by atoms with E-state index in [0.717, 1.165) is 5.56 Å². The highest BCUT2D eigenvalue weighted by Gasteiger charge is 2.10. The molecule has 0 bridgehead atoms. The second-order valence-electron chi connectivity index (χ2n) is 3.67. The first-order valence-corrected chi connectivity index (χ1v) is 7.21. The van der Waals surface area contributed by atoms with E-state index in [1.807, 2.05) is 13.1 Å². The van der Waals surface area contributed by atoms with E-state index in [-0.39, 0.29) is 0 Å². The minimum absolute atomic E-state index is 0.441. The van der Waals surface area contributed by atoms with Gasteiger partial charge in [0.1, 0.15) is 11.5 Å². The average molecular weight is 287 g/mol. The van der Waals surface area contributed by atoms with Gasteiger partial charge in [0.05, 0.1) is 0 Å². The van der Waals surface area contributed by atoms with E-state index < -0.39 is 15.2 Å². The summed E-state index contributed by atoms with van der Waals surface area (Å²) >= 11 is 5.33. The molecule has 2 rings (SSSR count). The number of sulfonamides is 1. The summed E-state index contributed by atoms with van der Waals surface area (Å²) in [6, 6.07) is 6.87. The maximum Gasteiger partial charge on any atom is 0.246 e. The third-order valence-electron chi connectivity index (χ3n) is 2.25. The van der Waals surface area contributed by atoms with Crippen LogP contribution in [0.1, 0.15) is 0 Å². The molecule has 0 atom stereocenters. The smallest absolute Gasteiger partial charge is 0.246 e. The van der Waals surface area contributed by atoms with Crippen LogP contribution in [0.3, 0.4) is 0 Å². The molecule has 1 aromatic carbocycles. The van der Waals surface area contributed by atoms with E-state index in [4.69, 9.17) is 11.6 Å². The van der Waals surface area contributed by atoms with Crippen molar-refractivity contribution in [2.45, 2.75) is 0 Å². The molecule has 0 unspecified atom stereocenters. The molecule has 0 aliphatic rings. The number of benzene rings is 1. The van der Waals surface area contributed by atoms with E-state index in [1.54, 1.807) is 29.1 Å². The van der Waals surface area contributed by atoms with Gasteiger partial charge in [-0.05, 0) is 12.1 Å². The van der Waals surface area contributed by atoms with Crippen molar-refractivity contribution in [3.8, 4) is 11.4 Å².